The van der Waals surface area contributed by atoms with Gasteiger partial charge in [-0.15, -0.1) is 0 Å². The van der Waals surface area contributed by atoms with Crippen molar-refractivity contribution < 1.29 is 0 Å². The van der Waals surface area contributed by atoms with Gasteiger partial charge in [-0.05, 0) is 133 Å². The van der Waals surface area contributed by atoms with Gasteiger partial charge in [-0.3, -0.25) is 0 Å². The van der Waals surface area contributed by atoms with E-state index in [0.717, 1.165) is 5.69 Å². The van der Waals surface area contributed by atoms with Crippen LogP contribution in [0.3, 0.4) is 0 Å². The third-order valence-corrected chi connectivity index (χ3v) is 12.6. The zero-order valence-electron chi connectivity index (χ0n) is 32.8. The Morgan fingerprint density at radius 1 is 0.304 bits per heavy atom. The van der Waals surface area contributed by atoms with Gasteiger partial charge in [0.15, 0.2) is 0 Å². The molecule has 8 aromatic rings. The molecule has 10 rings (SSSR count). The van der Waals surface area contributed by atoms with Gasteiger partial charge in [0, 0.05) is 27.9 Å². The van der Waals surface area contributed by atoms with Crippen molar-refractivity contribution in [2.24, 2.45) is 0 Å². The second-order valence-corrected chi connectivity index (χ2v) is 16.7. The monoisotopic (exact) mass is 719 g/mol. The molecule has 1 heteroatoms. The standard InChI is InChI=1S/C55H45N/c1-36-16-24-43(25-17-36)56(44-26-30-48-46-28-22-41(38-14-10-7-11-15-38)32-50(46)54(2,3)52(48)34-44)45-27-31-49-47-29-23-42(33-51(47)55(4,5)53(49)35-45)40-20-18-39(19-21-40)37-12-8-6-9-13-37/h6-35H,1-5H3. The van der Waals surface area contributed by atoms with Gasteiger partial charge in [-0.25, -0.2) is 0 Å². The van der Waals surface area contributed by atoms with Crippen LogP contribution < -0.4 is 4.90 Å². The Morgan fingerprint density at radius 2 is 0.625 bits per heavy atom. The summed E-state index contributed by atoms with van der Waals surface area (Å²) in [6, 6.07) is 67.6. The molecule has 0 N–H and O–H groups in total. The first-order valence-corrected chi connectivity index (χ1v) is 19.8. The smallest absolute Gasteiger partial charge is 0.0465 e. The fourth-order valence-electron chi connectivity index (χ4n) is 9.35. The topological polar surface area (TPSA) is 3.24 Å². The number of aryl methyl sites for hydroxylation is 1. The summed E-state index contributed by atoms with van der Waals surface area (Å²) in [5.74, 6) is 0. The van der Waals surface area contributed by atoms with Crippen molar-refractivity contribution >= 4 is 17.1 Å². The molecule has 0 saturated carbocycles. The lowest BCUT2D eigenvalue weighted by Crippen LogP contribution is -2.18. The normalized spacial score (nSPS) is 14.1. The summed E-state index contributed by atoms with van der Waals surface area (Å²) in [5, 5.41) is 0. The first kappa shape index (κ1) is 34.1. The molecule has 8 aromatic carbocycles. The van der Waals surface area contributed by atoms with Crippen molar-refractivity contribution in [3.8, 4) is 55.6 Å². The Morgan fingerprint density at radius 3 is 1.07 bits per heavy atom. The average molecular weight is 720 g/mol. The lowest BCUT2D eigenvalue weighted by atomic mass is 9.81. The van der Waals surface area contributed by atoms with Gasteiger partial charge in [0.25, 0.3) is 0 Å². The average Bonchev–Trinajstić information content (AvgIpc) is 3.60. The van der Waals surface area contributed by atoms with Crippen LogP contribution in [-0.2, 0) is 10.8 Å². The number of rotatable bonds is 6. The molecule has 0 unspecified atom stereocenters. The number of fused-ring (bicyclic) bond motifs is 6. The predicted octanol–water partition coefficient (Wildman–Crippen LogP) is 15.1. The molecule has 0 aliphatic heterocycles. The van der Waals surface area contributed by atoms with Gasteiger partial charge in [-0.1, -0.05) is 167 Å². The van der Waals surface area contributed by atoms with Gasteiger partial charge >= 0.3 is 0 Å². The zero-order chi connectivity index (χ0) is 38.2. The van der Waals surface area contributed by atoms with Crippen molar-refractivity contribution in [3.05, 3.63) is 210 Å². The number of hydrogen-bond donors (Lipinski definition) is 0. The van der Waals surface area contributed by atoms with E-state index in [1.165, 1.54) is 94.8 Å². The minimum absolute atomic E-state index is 0.147. The highest BCUT2D eigenvalue weighted by atomic mass is 15.1. The maximum Gasteiger partial charge on any atom is 0.0465 e. The SMILES string of the molecule is Cc1ccc(N(c2ccc3c(c2)C(C)(C)c2cc(-c4ccccc4)ccc2-3)c2ccc3c(c2)C(C)(C)c2cc(-c4ccc(-c5ccccc5)cc4)ccc2-3)cc1. The molecule has 56 heavy (non-hydrogen) atoms. The van der Waals surface area contributed by atoms with Crippen molar-refractivity contribution in [1.29, 1.82) is 0 Å². The highest BCUT2D eigenvalue weighted by Crippen LogP contribution is 2.54. The van der Waals surface area contributed by atoms with Crippen LogP contribution in [0.25, 0.3) is 55.6 Å². The highest BCUT2D eigenvalue weighted by molar-refractivity contribution is 5.90. The summed E-state index contributed by atoms with van der Waals surface area (Å²) in [6.07, 6.45) is 0. The van der Waals surface area contributed by atoms with E-state index < -0.39 is 0 Å². The van der Waals surface area contributed by atoms with Gasteiger partial charge in [0.05, 0.1) is 0 Å². The minimum Gasteiger partial charge on any atom is -0.310 e. The first-order valence-electron chi connectivity index (χ1n) is 19.8. The highest BCUT2D eigenvalue weighted by Gasteiger charge is 2.38. The Hall–Kier alpha value is -6.44. The maximum atomic E-state index is 2.45. The molecule has 0 atom stereocenters. The van der Waals surface area contributed by atoms with Crippen LogP contribution in [-0.4, -0.2) is 0 Å². The van der Waals surface area contributed by atoms with E-state index in [2.05, 4.69) is 222 Å². The van der Waals surface area contributed by atoms with Gasteiger partial charge in [0.2, 0.25) is 0 Å². The Balaban J connectivity index is 1.03. The zero-order valence-corrected chi connectivity index (χ0v) is 32.8. The predicted molar refractivity (Wildman–Crippen MR) is 237 cm³/mol. The molecule has 1 nitrogen and oxygen atoms in total. The maximum absolute atomic E-state index is 2.45. The summed E-state index contributed by atoms with van der Waals surface area (Å²) < 4.78 is 0. The Labute approximate surface area is 331 Å². The first-order chi connectivity index (χ1) is 27.2. The quantitative estimate of drug-likeness (QED) is 0.165. The van der Waals surface area contributed by atoms with E-state index in [-0.39, 0.29) is 10.8 Å². The van der Waals surface area contributed by atoms with Crippen LogP contribution in [0.15, 0.2) is 182 Å². The van der Waals surface area contributed by atoms with Crippen molar-refractivity contribution in [2.45, 2.75) is 45.4 Å². The molecular formula is C55H45N. The van der Waals surface area contributed by atoms with E-state index in [4.69, 9.17) is 0 Å². The molecule has 0 amide bonds. The fraction of sp³-hybridized carbons (Fsp3) is 0.127. The largest absolute Gasteiger partial charge is 0.310 e. The summed E-state index contributed by atoms with van der Waals surface area (Å²) in [5.41, 5.74) is 22.7. The number of hydrogen-bond acceptors (Lipinski definition) is 1. The second-order valence-electron chi connectivity index (χ2n) is 16.7. The van der Waals surface area contributed by atoms with Gasteiger partial charge < -0.3 is 4.90 Å². The Bertz CT molecular complexity index is 2770. The van der Waals surface area contributed by atoms with Crippen LogP contribution in [0.5, 0.6) is 0 Å². The number of nitrogens with zero attached hydrogens (tertiary/aromatic N) is 1. The molecule has 0 spiro atoms. The summed E-state index contributed by atoms with van der Waals surface area (Å²) >= 11 is 0. The summed E-state index contributed by atoms with van der Waals surface area (Å²) in [7, 11) is 0. The van der Waals surface area contributed by atoms with Gasteiger partial charge in [0.1, 0.15) is 0 Å². The molecule has 0 radical (unpaired) electrons. The van der Waals surface area contributed by atoms with E-state index >= 15 is 0 Å². The lowest BCUT2D eigenvalue weighted by molar-refractivity contribution is 0.660. The number of benzene rings is 8. The second kappa shape index (κ2) is 12.8. The molecule has 2 aliphatic rings. The third kappa shape index (κ3) is 5.45. The number of anilines is 3. The molecule has 0 aromatic heterocycles. The molecule has 0 heterocycles. The summed E-state index contributed by atoms with van der Waals surface area (Å²) in [4.78, 5) is 2.45. The van der Waals surface area contributed by atoms with Crippen molar-refractivity contribution in [3.63, 3.8) is 0 Å². The van der Waals surface area contributed by atoms with Gasteiger partial charge in [-0.2, -0.15) is 0 Å². The van der Waals surface area contributed by atoms with E-state index in [1.807, 2.05) is 0 Å². The molecule has 0 fully saturated rings. The third-order valence-electron chi connectivity index (χ3n) is 12.6. The molecule has 0 bridgehead atoms. The summed E-state index contributed by atoms with van der Waals surface area (Å²) in [6.45, 7) is 11.7. The van der Waals surface area contributed by atoms with Crippen LogP contribution in [0.2, 0.25) is 0 Å². The van der Waals surface area contributed by atoms with E-state index in [1.54, 1.807) is 0 Å². The van der Waals surface area contributed by atoms with Crippen molar-refractivity contribution in [2.75, 3.05) is 4.90 Å². The van der Waals surface area contributed by atoms with Crippen molar-refractivity contribution in [1.82, 2.24) is 0 Å². The van der Waals surface area contributed by atoms with Crippen LogP contribution in [0.4, 0.5) is 17.1 Å². The van der Waals surface area contributed by atoms with Crippen LogP contribution >= 0.6 is 0 Å². The minimum atomic E-state index is -0.169. The van der Waals surface area contributed by atoms with Crippen LogP contribution in [0.1, 0.15) is 55.5 Å². The Kier molecular flexibility index (Phi) is 7.80. The molecular weight excluding hydrogens is 675 g/mol. The molecule has 0 saturated heterocycles. The van der Waals surface area contributed by atoms with E-state index in [0.29, 0.717) is 0 Å². The molecule has 270 valence electrons. The van der Waals surface area contributed by atoms with E-state index in [9.17, 15) is 0 Å². The fourth-order valence-corrected chi connectivity index (χ4v) is 9.35. The molecule has 2 aliphatic carbocycles. The van der Waals surface area contributed by atoms with Crippen LogP contribution in [0, 0.1) is 6.92 Å². The lowest BCUT2D eigenvalue weighted by Gasteiger charge is -2.30.